The molecule has 1 aromatic carbocycles. The summed E-state index contributed by atoms with van der Waals surface area (Å²) in [4.78, 5) is 13.6. The number of nitrogens with one attached hydrogen (secondary N) is 1. The number of hydrogen-bond donors (Lipinski definition) is 1. The molecule has 6 heteroatoms. The second kappa shape index (κ2) is 5.33. The fourth-order valence-electron chi connectivity index (χ4n) is 2.88. The maximum atomic E-state index is 12.7. The van der Waals surface area contributed by atoms with Crippen molar-refractivity contribution in [3.63, 3.8) is 0 Å². The molecule has 1 aliphatic carbocycles. The summed E-state index contributed by atoms with van der Waals surface area (Å²) in [5, 5.41) is 3.12. The van der Waals surface area contributed by atoms with Crippen LogP contribution in [0.4, 0.5) is 13.2 Å². The standard InChI is InChI=1S/C15H17F3N2O/c16-15(17,18)9-20(11-5-6-11)14(21)13-8-19-7-10-3-1-2-4-12(10)13/h1-4,11,13,19H,5-9H2. The van der Waals surface area contributed by atoms with Crippen LogP contribution in [0.25, 0.3) is 0 Å². The van der Waals surface area contributed by atoms with Crippen molar-refractivity contribution in [1.29, 1.82) is 0 Å². The van der Waals surface area contributed by atoms with E-state index in [4.69, 9.17) is 0 Å². The summed E-state index contributed by atoms with van der Waals surface area (Å²) in [6.07, 6.45) is -3.01. The number of amides is 1. The van der Waals surface area contributed by atoms with E-state index in [9.17, 15) is 18.0 Å². The van der Waals surface area contributed by atoms with Gasteiger partial charge in [0.05, 0.1) is 5.92 Å². The van der Waals surface area contributed by atoms with Crippen LogP contribution in [0.15, 0.2) is 24.3 Å². The number of carbonyl (C=O) groups is 1. The van der Waals surface area contributed by atoms with Crippen LogP contribution in [0.1, 0.15) is 29.9 Å². The minimum Gasteiger partial charge on any atom is -0.330 e. The van der Waals surface area contributed by atoms with Crippen molar-refractivity contribution in [2.24, 2.45) is 0 Å². The maximum Gasteiger partial charge on any atom is 0.406 e. The summed E-state index contributed by atoms with van der Waals surface area (Å²) in [5.74, 6) is -0.924. The minimum atomic E-state index is -4.35. The monoisotopic (exact) mass is 298 g/mol. The Labute approximate surface area is 121 Å². The molecule has 114 valence electrons. The van der Waals surface area contributed by atoms with Gasteiger partial charge in [0.2, 0.25) is 5.91 Å². The van der Waals surface area contributed by atoms with E-state index in [1.807, 2.05) is 24.3 Å². The van der Waals surface area contributed by atoms with Crippen molar-refractivity contribution >= 4 is 5.91 Å². The van der Waals surface area contributed by atoms with Gasteiger partial charge < -0.3 is 10.2 Å². The topological polar surface area (TPSA) is 32.3 Å². The van der Waals surface area contributed by atoms with Gasteiger partial charge in [-0.05, 0) is 24.0 Å². The molecule has 1 aromatic rings. The first-order chi connectivity index (χ1) is 9.96. The fraction of sp³-hybridized carbons (Fsp3) is 0.533. The van der Waals surface area contributed by atoms with E-state index in [-0.39, 0.29) is 6.04 Å². The summed E-state index contributed by atoms with van der Waals surface area (Å²) >= 11 is 0. The van der Waals surface area contributed by atoms with Crippen molar-refractivity contribution in [2.45, 2.75) is 37.5 Å². The van der Waals surface area contributed by atoms with Gasteiger partial charge in [0.25, 0.3) is 0 Å². The Bertz CT molecular complexity index is 540. The minimum absolute atomic E-state index is 0.242. The molecule has 1 unspecified atom stereocenters. The number of alkyl halides is 3. The molecule has 0 aromatic heterocycles. The second-order valence-corrected chi connectivity index (χ2v) is 5.69. The number of benzene rings is 1. The van der Waals surface area contributed by atoms with E-state index < -0.39 is 24.5 Å². The zero-order valence-electron chi connectivity index (χ0n) is 11.5. The first-order valence-electron chi connectivity index (χ1n) is 7.11. The van der Waals surface area contributed by atoms with E-state index >= 15 is 0 Å². The van der Waals surface area contributed by atoms with Crippen molar-refractivity contribution in [3.05, 3.63) is 35.4 Å². The van der Waals surface area contributed by atoms with Crippen LogP contribution >= 0.6 is 0 Å². The van der Waals surface area contributed by atoms with Crippen LogP contribution in [0.2, 0.25) is 0 Å². The van der Waals surface area contributed by atoms with Crippen molar-refractivity contribution in [3.8, 4) is 0 Å². The first kappa shape index (κ1) is 14.4. The van der Waals surface area contributed by atoms with Crippen LogP contribution < -0.4 is 5.32 Å². The molecule has 1 fully saturated rings. The molecule has 1 heterocycles. The van der Waals surface area contributed by atoms with Gasteiger partial charge >= 0.3 is 6.18 Å². The number of rotatable bonds is 3. The Morgan fingerprint density at radius 2 is 2.00 bits per heavy atom. The van der Waals surface area contributed by atoms with Crippen LogP contribution in [-0.2, 0) is 11.3 Å². The summed E-state index contributed by atoms with van der Waals surface area (Å²) in [6.45, 7) is -0.0885. The Morgan fingerprint density at radius 3 is 2.67 bits per heavy atom. The molecule has 0 radical (unpaired) electrons. The molecule has 1 aliphatic heterocycles. The highest BCUT2D eigenvalue weighted by molar-refractivity contribution is 5.85. The number of fused-ring (bicyclic) bond motifs is 1. The van der Waals surface area contributed by atoms with Crippen LogP contribution in [0.5, 0.6) is 0 Å². The lowest BCUT2D eigenvalue weighted by Crippen LogP contribution is -2.46. The highest BCUT2D eigenvalue weighted by atomic mass is 19.4. The molecule has 0 saturated heterocycles. The van der Waals surface area contributed by atoms with E-state index in [1.54, 1.807) is 0 Å². The molecule has 0 bridgehead atoms. The smallest absolute Gasteiger partial charge is 0.330 e. The molecular weight excluding hydrogens is 281 g/mol. The summed E-state index contributed by atoms with van der Waals surface area (Å²) in [5.41, 5.74) is 1.85. The highest BCUT2D eigenvalue weighted by Gasteiger charge is 2.43. The molecule has 2 aliphatic rings. The van der Waals surface area contributed by atoms with Crippen molar-refractivity contribution in [1.82, 2.24) is 10.2 Å². The van der Waals surface area contributed by atoms with E-state index in [1.165, 1.54) is 0 Å². The van der Waals surface area contributed by atoms with Gasteiger partial charge in [0.15, 0.2) is 0 Å². The third-order valence-electron chi connectivity index (χ3n) is 4.01. The average Bonchev–Trinajstić information content (AvgIpc) is 3.27. The third kappa shape index (κ3) is 3.20. The molecule has 1 atom stereocenters. The quantitative estimate of drug-likeness (QED) is 0.929. The molecular formula is C15H17F3N2O. The van der Waals surface area contributed by atoms with Crippen molar-refractivity contribution < 1.29 is 18.0 Å². The molecule has 3 nitrogen and oxygen atoms in total. The van der Waals surface area contributed by atoms with E-state index in [0.717, 1.165) is 16.0 Å². The zero-order chi connectivity index (χ0) is 15.0. The average molecular weight is 298 g/mol. The van der Waals surface area contributed by atoms with Gasteiger partial charge in [-0.25, -0.2) is 0 Å². The van der Waals surface area contributed by atoms with Crippen LogP contribution in [-0.4, -0.2) is 36.1 Å². The lowest BCUT2D eigenvalue weighted by molar-refractivity contribution is -0.163. The summed E-state index contributed by atoms with van der Waals surface area (Å²) in [7, 11) is 0. The molecule has 0 spiro atoms. The summed E-state index contributed by atoms with van der Waals surface area (Å²) in [6, 6.07) is 7.22. The Hall–Kier alpha value is -1.56. The van der Waals surface area contributed by atoms with Gasteiger partial charge in [-0.15, -0.1) is 0 Å². The Balaban J connectivity index is 1.84. The van der Waals surface area contributed by atoms with Crippen LogP contribution in [0.3, 0.4) is 0 Å². The lowest BCUT2D eigenvalue weighted by Gasteiger charge is -2.31. The van der Waals surface area contributed by atoms with Crippen LogP contribution in [0, 0.1) is 0 Å². The third-order valence-corrected chi connectivity index (χ3v) is 4.01. The number of carbonyl (C=O) groups excluding carboxylic acids is 1. The lowest BCUT2D eigenvalue weighted by atomic mass is 9.89. The summed E-state index contributed by atoms with van der Waals surface area (Å²) < 4.78 is 38.1. The van der Waals surface area contributed by atoms with Gasteiger partial charge in [0.1, 0.15) is 6.54 Å². The number of halogens is 3. The first-order valence-corrected chi connectivity index (χ1v) is 7.11. The van der Waals surface area contributed by atoms with Gasteiger partial charge in [-0.3, -0.25) is 4.79 Å². The van der Waals surface area contributed by atoms with E-state index in [0.29, 0.717) is 25.9 Å². The predicted molar refractivity (Wildman–Crippen MR) is 71.7 cm³/mol. The van der Waals surface area contributed by atoms with Gasteiger partial charge in [-0.1, -0.05) is 24.3 Å². The normalized spacial score (nSPS) is 21.8. The van der Waals surface area contributed by atoms with E-state index in [2.05, 4.69) is 5.32 Å². The Morgan fingerprint density at radius 1 is 1.29 bits per heavy atom. The number of nitrogens with zero attached hydrogens (tertiary/aromatic N) is 1. The molecule has 3 rings (SSSR count). The zero-order valence-corrected chi connectivity index (χ0v) is 11.5. The van der Waals surface area contributed by atoms with Gasteiger partial charge in [0, 0.05) is 19.1 Å². The highest BCUT2D eigenvalue weighted by Crippen LogP contribution is 2.34. The molecule has 21 heavy (non-hydrogen) atoms. The largest absolute Gasteiger partial charge is 0.406 e. The molecule has 1 amide bonds. The molecule has 1 N–H and O–H groups in total. The fourth-order valence-corrected chi connectivity index (χ4v) is 2.88. The molecule has 1 saturated carbocycles. The SMILES string of the molecule is O=C(C1CNCc2ccccc21)N(CC(F)(F)F)C1CC1. The Kier molecular flexibility index (Phi) is 3.65. The van der Waals surface area contributed by atoms with Crippen molar-refractivity contribution in [2.75, 3.05) is 13.1 Å². The maximum absolute atomic E-state index is 12.7. The van der Waals surface area contributed by atoms with Gasteiger partial charge in [-0.2, -0.15) is 13.2 Å². The number of hydrogen-bond acceptors (Lipinski definition) is 2. The second-order valence-electron chi connectivity index (χ2n) is 5.69. The predicted octanol–water partition coefficient (Wildman–Crippen LogP) is 2.43.